The number of esters is 1. The third-order valence-corrected chi connectivity index (χ3v) is 9.47. The van der Waals surface area contributed by atoms with Crippen molar-refractivity contribution >= 4 is 29.2 Å². The van der Waals surface area contributed by atoms with Crippen LogP contribution in [0.15, 0.2) is 42.7 Å². The SMILES string of the molecule is COC(=O)CCSN(C)c1ccc2c(c1)CCC1C2CCC2(C)C(c3cncc(F)c3)=CCC12. The highest BCUT2D eigenvalue weighted by molar-refractivity contribution is 8.00. The van der Waals surface area contributed by atoms with Crippen LogP contribution in [0.1, 0.15) is 61.6 Å². The van der Waals surface area contributed by atoms with Crippen LogP contribution in [0, 0.1) is 23.1 Å². The third kappa shape index (κ3) is 4.15. The molecule has 5 rings (SSSR count). The van der Waals surface area contributed by atoms with Crippen molar-refractivity contribution in [2.24, 2.45) is 17.3 Å². The van der Waals surface area contributed by atoms with E-state index in [-0.39, 0.29) is 17.2 Å². The second-order valence-electron chi connectivity index (χ2n) is 10.2. The summed E-state index contributed by atoms with van der Waals surface area (Å²) in [4.78, 5) is 15.5. The summed E-state index contributed by atoms with van der Waals surface area (Å²) in [6.07, 6.45) is 11.6. The predicted molar refractivity (Wildman–Crippen MR) is 136 cm³/mol. The Labute approximate surface area is 206 Å². The minimum Gasteiger partial charge on any atom is -0.469 e. The Kier molecular flexibility index (Phi) is 6.45. The van der Waals surface area contributed by atoms with E-state index in [1.165, 1.54) is 48.5 Å². The number of hydrogen-bond donors (Lipinski definition) is 0. The molecule has 4 unspecified atom stereocenters. The minimum atomic E-state index is -0.255. The number of fused-ring (bicyclic) bond motifs is 5. The number of ether oxygens (including phenoxy) is 1. The van der Waals surface area contributed by atoms with Crippen LogP contribution in [-0.2, 0) is 16.0 Å². The zero-order chi connectivity index (χ0) is 23.9. The molecular formula is C28H33FN2O2S. The summed E-state index contributed by atoms with van der Waals surface area (Å²) in [6.45, 7) is 2.40. The van der Waals surface area contributed by atoms with E-state index in [0.717, 1.165) is 24.8 Å². The lowest BCUT2D eigenvalue weighted by Crippen LogP contribution is -2.40. The fourth-order valence-electron chi connectivity index (χ4n) is 6.78. The smallest absolute Gasteiger partial charge is 0.306 e. The number of halogens is 1. The normalized spacial score (nSPS) is 27.3. The van der Waals surface area contributed by atoms with E-state index in [9.17, 15) is 9.18 Å². The van der Waals surface area contributed by atoms with Gasteiger partial charge in [0.2, 0.25) is 0 Å². The van der Waals surface area contributed by atoms with Gasteiger partial charge in [-0.1, -0.05) is 19.1 Å². The molecule has 1 aromatic heterocycles. The minimum absolute atomic E-state index is 0.102. The molecular weight excluding hydrogens is 447 g/mol. The second-order valence-corrected chi connectivity index (χ2v) is 11.4. The van der Waals surface area contributed by atoms with Crippen LogP contribution in [0.25, 0.3) is 5.57 Å². The van der Waals surface area contributed by atoms with Crippen LogP contribution in [0.3, 0.4) is 0 Å². The molecule has 3 aliphatic rings. The molecule has 180 valence electrons. The number of allylic oxidation sites excluding steroid dienone is 2. The Morgan fingerprint density at radius 2 is 2.15 bits per heavy atom. The largest absolute Gasteiger partial charge is 0.469 e. The zero-order valence-electron chi connectivity index (χ0n) is 20.2. The first kappa shape index (κ1) is 23.4. The Morgan fingerprint density at radius 3 is 2.94 bits per heavy atom. The monoisotopic (exact) mass is 480 g/mol. The number of carbonyl (C=O) groups is 1. The second kappa shape index (κ2) is 9.37. The van der Waals surface area contributed by atoms with E-state index in [4.69, 9.17) is 4.74 Å². The first-order valence-corrected chi connectivity index (χ1v) is 13.2. The number of methoxy groups -OCH3 is 1. The van der Waals surface area contributed by atoms with Gasteiger partial charge in [-0.25, -0.2) is 4.39 Å². The lowest BCUT2D eigenvalue weighted by molar-refractivity contribution is -0.140. The van der Waals surface area contributed by atoms with Crippen LogP contribution in [-0.4, -0.2) is 30.9 Å². The molecule has 1 fully saturated rings. The summed E-state index contributed by atoms with van der Waals surface area (Å²) in [7, 11) is 3.50. The number of hydrogen-bond acceptors (Lipinski definition) is 5. The predicted octanol–water partition coefficient (Wildman–Crippen LogP) is 6.42. The molecule has 1 heterocycles. The van der Waals surface area contributed by atoms with Crippen molar-refractivity contribution in [2.45, 2.75) is 51.4 Å². The number of benzene rings is 1. The lowest BCUT2D eigenvalue weighted by Gasteiger charge is -2.50. The maximum atomic E-state index is 13.9. The van der Waals surface area contributed by atoms with Crippen molar-refractivity contribution < 1.29 is 13.9 Å². The Balaban J connectivity index is 1.31. The highest BCUT2D eigenvalue weighted by Crippen LogP contribution is 2.63. The molecule has 0 spiro atoms. The molecule has 2 aromatic rings. The molecule has 3 aliphatic carbocycles. The molecule has 1 aromatic carbocycles. The third-order valence-electron chi connectivity index (χ3n) is 8.49. The number of aromatic nitrogens is 1. The maximum Gasteiger partial charge on any atom is 0.306 e. The lowest BCUT2D eigenvalue weighted by atomic mass is 9.54. The van der Waals surface area contributed by atoms with Crippen molar-refractivity contribution in [3.05, 3.63) is 65.2 Å². The Bertz CT molecular complexity index is 1120. The van der Waals surface area contributed by atoms with Crippen LogP contribution >= 0.6 is 11.9 Å². The summed E-state index contributed by atoms with van der Waals surface area (Å²) in [5, 5.41) is 0. The van der Waals surface area contributed by atoms with Gasteiger partial charge in [-0.2, -0.15) is 0 Å². The Morgan fingerprint density at radius 1 is 1.29 bits per heavy atom. The molecule has 0 aliphatic heterocycles. The number of nitrogens with zero attached hydrogens (tertiary/aromatic N) is 2. The van der Waals surface area contributed by atoms with Gasteiger partial charge in [0.15, 0.2) is 0 Å². The van der Waals surface area contributed by atoms with E-state index < -0.39 is 0 Å². The zero-order valence-corrected chi connectivity index (χ0v) is 21.0. The number of aryl methyl sites for hydroxylation is 1. The highest BCUT2D eigenvalue weighted by Gasteiger charge is 2.51. The van der Waals surface area contributed by atoms with Crippen LogP contribution < -0.4 is 4.31 Å². The molecule has 0 N–H and O–H groups in total. The highest BCUT2D eigenvalue weighted by atomic mass is 32.2. The summed E-state index contributed by atoms with van der Waals surface area (Å²) >= 11 is 1.65. The standard InChI is InChI=1S/C28H33FN2O2S/c1-28-12-10-23-22-7-5-21(31(2)34-13-11-27(32)33-3)15-18(22)4-6-24(23)26(28)9-8-25(28)19-14-20(29)17-30-16-19/h5,7-8,14-17,23-24,26H,4,6,9-13H2,1-3H3. The summed E-state index contributed by atoms with van der Waals surface area (Å²) in [5.74, 6) is 2.16. The van der Waals surface area contributed by atoms with Gasteiger partial charge < -0.3 is 9.04 Å². The molecule has 6 heteroatoms. The average Bonchev–Trinajstić information content (AvgIpc) is 3.20. The first-order chi connectivity index (χ1) is 16.4. The fourth-order valence-corrected chi connectivity index (χ4v) is 7.58. The van der Waals surface area contributed by atoms with E-state index >= 15 is 0 Å². The molecule has 1 saturated carbocycles. The van der Waals surface area contributed by atoms with Gasteiger partial charge >= 0.3 is 5.97 Å². The van der Waals surface area contributed by atoms with Gasteiger partial charge in [-0.05, 0) is 108 Å². The van der Waals surface area contributed by atoms with Gasteiger partial charge in [-0.3, -0.25) is 9.78 Å². The molecule has 4 atom stereocenters. The number of anilines is 1. The molecule has 0 radical (unpaired) electrons. The summed E-state index contributed by atoms with van der Waals surface area (Å²) in [5.41, 5.74) is 6.55. The van der Waals surface area contributed by atoms with E-state index in [1.54, 1.807) is 18.0 Å². The van der Waals surface area contributed by atoms with Crippen molar-refractivity contribution in [3.63, 3.8) is 0 Å². The van der Waals surface area contributed by atoms with Gasteiger partial charge in [0.25, 0.3) is 0 Å². The summed E-state index contributed by atoms with van der Waals surface area (Å²) in [6, 6.07) is 8.58. The first-order valence-electron chi connectivity index (χ1n) is 12.3. The quantitative estimate of drug-likeness (QED) is 0.353. The van der Waals surface area contributed by atoms with Gasteiger partial charge in [0, 0.05) is 24.7 Å². The van der Waals surface area contributed by atoms with Crippen LogP contribution in [0.4, 0.5) is 10.1 Å². The number of carbonyl (C=O) groups excluding carboxylic acids is 1. The van der Waals surface area contributed by atoms with Gasteiger partial charge in [0.1, 0.15) is 5.82 Å². The number of pyridine rings is 1. The average molecular weight is 481 g/mol. The van der Waals surface area contributed by atoms with Crippen LogP contribution in [0.5, 0.6) is 0 Å². The summed E-state index contributed by atoms with van der Waals surface area (Å²) < 4.78 is 20.8. The van der Waals surface area contributed by atoms with E-state index in [2.05, 4.69) is 47.5 Å². The molecule has 0 saturated heterocycles. The number of rotatable bonds is 6. The topological polar surface area (TPSA) is 42.4 Å². The molecule has 34 heavy (non-hydrogen) atoms. The Hall–Kier alpha value is -2.34. The fraction of sp³-hybridized carbons (Fsp3) is 0.500. The van der Waals surface area contributed by atoms with Crippen molar-refractivity contribution in [1.82, 2.24) is 4.98 Å². The van der Waals surface area contributed by atoms with Gasteiger partial charge in [-0.15, -0.1) is 0 Å². The van der Waals surface area contributed by atoms with E-state index in [1.807, 2.05) is 6.20 Å². The maximum absolute atomic E-state index is 13.9. The van der Waals surface area contributed by atoms with E-state index in [0.29, 0.717) is 29.9 Å². The van der Waals surface area contributed by atoms with Crippen molar-refractivity contribution in [3.8, 4) is 0 Å². The van der Waals surface area contributed by atoms with Crippen LogP contribution in [0.2, 0.25) is 0 Å². The van der Waals surface area contributed by atoms with Crippen molar-refractivity contribution in [1.29, 1.82) is 0 Å². The molecule has 4 nitrogen and oxygen atoms in total. The molecule has 0 bridgehead atoms. The molecule has 0 amide bonds. The van der Waals surface area contributed by atoms with Crippen molar-refractivity contribution in [2.75, 3.05) is 24.2 Å². The van der Waals surface area contributed by atoms with Gasteiger partial charge in [0.05, 0.1) is 19.7 Å².